The fourth-order valence-corrected chi connectivity index (χ4v) is 0.705. The number of esters is 2. The summed E-state index contributed by atoms with van der Waals surface area (Å²) in [7, 11) is 0. The molecule has 0 aromatic carbocycles. The highest BCUT2D eigenvalue weighted by Crippen LogP contribution is 2.30. The van der Waals surface area contributed by atoms with Crippen LogP contribution in [0.5, 0.6) is 0 Å². The van der Waals surface area contributed by atoms with Gasteiger partial charge < -0.3 is 9.47 Å². The third-order valence-electron chi connectivity index (χ3n) is 1.57. The van der Waals surface area contributed by atoms with Gasteiger partial charge in [0.05, 0.1) is 12.2 Å². The fourth-order valence-electron chi connectivity index (χ4n) is 0.705. The molecular formula is C9H9FO4. The molecule has 4 nitrogen and oxygen atoms in total. The number of hydrogen-bond donors (Lipinski definition) is 0. The minimum absolute atomic E-state index is 0.144. The second-order valence-electron chi connectivity index (χ2n) is 2.75. The number of halogens is 1. The Morgan fingerprint density at radius 2 is 2.00 bits per heavy atom. The van der Waals surface area contributed by atoms with Crippen molar-refractivity contribution in [2.45, 2.75) is 12.8 Å². The Labute approximate surface area is 80.0 Å². The van der Waals surface area contributed by atoms with Crippen LogP contribution in [0.3, 0.4) is 0 Å². The van der Waals surface area contributed by atoms with E-state index in [1.807, 2.05) is 0 Å². The first-order valence-electron chi connectivity index (χ1n) is 4.03. The minimum atomic E-state index is -1.26. The summed E-state index contributed by atoms with van der Waals surface area (Å²) >= 11 is 0. The Bertz CT molecular complexity index is 291. The van der Waals surface area contributed by atoms with Crippen LogP contribution in [0.15, 0.2) is 24.9 Å². The van der Waals surface area contributed by atoms with Crippen molar-refractivity contribution in [3.8, 4) is 0 Å². The van der Waals surface area contributed by atoms with Gasteiger partial charge in [0.25, 0.3) is 0 Å². The molecule has 0 N–H and O–H groups in total. The van der Waals surface area contributed by atoms with E-state index >= 15 is 0 Å². The Morgan fingerprint density at radius 3 is 2.50 bits per heavy atom. The predicted molar refractivity (Wildman–Crippen MR) is 44.3 cm³/mol. The summed E-state index contributed by atoms with van der Waals surface area (Å²) in [5.41, 5.74) is 0. The molecule has 0 atom stereocenters. The lowest BCUT2D eigenvalue weighted by Crippen LogP contribution is -2.05. The molecule has 1 rings (SSSR count). The van der Waals surface area contributed by atoms with Crippen molar-refractivity contribution in [2.75, 3.05) is 0 Å². The van der Waals surface area contributed by atoms with Gasteiger partial charge in [-0.05, 0) is 12.8 Å². The lowest BCUT2D eigenvalue weighted by Gasteiger charge is -1.97. The van der Waals surface area contributed by atoms with E-state index in [1.165, 1.54) is 0 Å². The van der Waals surface area contributed by atoms with Gasteiger partial charge in [-0.25, -0.2) is 4.79 Å². The zero-order valence-corrected chi connectivity index (χ0v) is 7.36. The summed E-state index contributed by atoms with van der Waals surface area (Å²) < 4.78 is 21.2. The smallest absolute Gasteiger partial charge is 0.375 e. The maximum absolute atomic E-state index is 12.7. The lowest BCUT2D eigenvalue weighted by molar-refractivity contribution is -0.140. The van der Waals surface area contributed by atoms with Crippen LogP contribution in [0.2, 0.25) is 0 Å². The van der Waals surface area contributed by atoms with E-state index in [4.69, 9.17) is 0 Å². The number of carbonyl (C=O) groups is 2. The van der Waals surface area contributed by atoms with E-state index in [0.29, 0.717) is 6.26 Å². The van der Waals surface area contributed by atoms with Gasteiger partial charge in [-0.3, -0.25) is 4.79 Å². The van der Waals surface area contributed by atoms with E-state index in [2.05, 4.69) is 16.1 Å². The predicted octanol–water partition coefficient (Wildman–Crippen LogP) is 1.44. The zero-order chi connectivity index (χ0) is 10.6. The Morgan fingerprint density at radius 1 is 1.36 bits per heavy atom. The highest BCUT2D eigenvalue weighted by Gasteiger charge is 2.31. The van der Waals surface area contributed by atoms with Gasteiger partial charge >= 0.3 is 11.9 Å². The quantitative estimate of drug-likeness (QED) is 0.391. The van der Waals surface area contributed by atoms with Crippen LogP contribution in [0.25, 0.3) is 0 Å². The molecule has 0 aromatic heterocycles. The molecule has 0 saturated heterocycles. The van der Waals surface area contributed by atoms with E-state index in [-0.39, 0.29) is 5.92 Å². The maximum atomic E-state index is 12.7. The molecule has 76 valence electrons. The van der Waals surface area contributed by atoms with E-state index < -0.39 is 17.8 Å². The number of ether oxygens (including phenoxy) is 2. The van der Waals surface area contributed by atoms with Gasteiger partial charge in [0, 0.05) is 0 Å². The normalized spacial score (nSPS) is 15.9. The van der Waals surface area contributed by atoms with Crippen LogP contribution < -0.4 is 0 Å². The van der Waals surface area contributed by atoms with Crippen molar-refractivity contribution in [3.05, 3.63) is 24.9 Å². The van der Waals surface area contributed by atoms with Gasteiger partial charge in [-0.2, -0.15) is 4.39 Å². The van der Waals surface area contributed by atoms with Gasteiger partial charge in [0.1, 0.15) is 6.26 Å². The molecule has 1 aliphatic carbocycles. The molecule has 1 aliphatic rings. The van der Waals surface area contributed by atoms with Crippen LogP contribution in [0, 0.1) is 5.92 Å². The second-order valence-corrected chi connectivity index (χ2v) is 2.75. The van der Waals surface area contributed by atoms with Crippen LogP contribution in [-0.4, -0.2) is 11.9 Å². The molecular weight excluding hydrogens is 191 g/mol. The first-order chi connectivity index (χ1) is 6.65. The molecule has 0 aliphatic heterocycles. The molecule has 1 fully saturated rings. The van der Waals surface area contributed by atoms with E-state index in [9.17, 15) is 14.0 Å². The van der Waals surface area contributed by atoms with Gasteiger partial charge in [-0.1, -0.05) is 6.58 Å². The average Bonchev–Trinajstić information content (AvgIpc) is 2.97. The SMILES string of the molecule is C=COC(=O)/C(F)=C/OC(=O)C1CC1. The summed E-state index contributed by atoms with van der Waals surface area (Å²) in [5, 5.41) is 0. The summed E-state index contributed by atoms with van der Waals surface area (Å²) in [5.74, 6) is -3.16. The Hall–Kier alpha value is -1.65. The number of rotatable bonds is 4. The summed E-state index contributed by atoms with van der Waals surface area (Å²) in [4.78, 5) is 21.5. The summed E-state index contributed by atoms with van der Waals surface area (Å²) in [6.07, 6.45) is 2.75. The van der Waals surface area contributed by atoms with Crippen molar-refractivity contribution in [1.82, 2.24) is 0 Å². The molecule has 1 saturated carbocycles. The highest BCUT2D eigenvalue weighted by atomic mass is 19.1. The lowest BCUT2D eigenvalue weighted by atomic mass is 10.4. The van der Waals surface area contributed by atoms with Crippen molar-refractivity contribution < 1.29 is 23.5 Å². The van der Waals surface area contributed by atoms with E-state index in [1.54, 1.807) is 0 Å². The summed E-state index contributed by atoms with van der Waals surface area (Å²) in [6, 6.07) is 0. The van der Waals surface area contributed by atoms with Gasteiger partial charge in [0.15, 0.2) is 0 Å². The molecule has 0 unspecified atom stereocenters. The number of hydrogen-bond acceptors (Lipinski definition) is 4. The highest BCUT2D eigenvalue weighted by molar-refractivity contribution is 5.86. The minimum Gasteiger partial charge on any atom is -0.431 e. The number of carbonyl (C=O) groups excluding carboxylic acids is 2. The second kappa shape index (κ2) is 4.55. The molecule has 0 radical (unpaired) electrons. The van der Waals surface area contributed by atoms with Gasteiger partial charge in [-0.15, -0.1) is 0 Å². The first-order valence-corrected chi connectivity index (χ1v) is 4.03. The third-order valence-corrected chi connectivity index (χ3v) is 1.57. The van der Waals surface area contributed by atoms with Crippen molar-refractivity contribution in [3.63, 3.8) is 0 Å². The largest absolute Gasteiger partial charge is 0.431 e. The van der Waals surface area contributed by atoms with Gasteiger partial charge in [0.2, 0.25) is 5.83 Å². The topological polar surface area (TPSA) is 52.6 Å². The van der Waals surface area contributed by atoms with Crippen molar-refractivity contribution >= 4 is 11.9 Å². The molecule has 0 amide bonds. The Balaban J connectivity index is 2.38. The Kier molecular flexibility index (Phi) is 3.39. The summed E-state index contributed by atoms with van der Waals surface area (Å²) in [6.45, 7) is 3.07. The van der Waals surface area contributed by atoms with Crippen LogP contribution in [0.1, 0.15) is 12.8 Å². The van der Waals surface area contributed by atoms with Crippen molar-refractivity contribution in [1.29, 1.82) is 0 Å². The van der Waals surface area contributed by atoms with Crippen LogP contribution in [-0.2, 0) is 19.1 Å². The van der Waals surface area contributed by atoms with Crippen molar-refractivity contribution in [2.24, 2.45) is 5.92 Å². The van der Waals surface area contributed by atoms with E-state index in [0.717, 1.165) is 19.1 Å². The van der Waals surface area contributed by atoms with Crippen LogP contribution >= 0.6 is 0 Å². The standard InChI is InChI=1S/C9H9FO4/c1-2-13-9(12)7(10)5-14-8(11)6-3-4-6/h2,5-6H,1,3-4H2/b7-5-. The monoisotopic (exact) mass is 200 g/mol. The molecule has 0 aromatic rings. The molecule has 0 bridgehead atoms. The average molecular weight is 200 g/mol. The molecule has 0 heterocycles. The first kappa shape index (κ1) is 10.4. The van der Waals surface area contributed by atoms with Crippen LogP contribution in [0.4, 0.5) is 4.39 Å². The maximum Gasteiger partial charge on any atom is 0.375 e. The molecule has 14 heavy (non-hydrogen) atoms. The fraction of sp³-hybridized carbons (Fsp3) is 0.333. The molecule has 0 spiro atoms. The third kappa shape index (κ3) is 3.01. The molecule has 5 heteroatoms. The zero-order valence-electron chi connectivity index (χ0n) is 7.36.